The van der Waals surface area contributed by atoms with Crippen LogP contribution in [0.4, 0.5) is 5.82 Å². The van der Waals surface area contributed by atoms with Crippen LogP contribution in [0.2, 0.25) is 0 Å². The average Bonchev–Trinajstić information content (AvgIpc) is 2.27. The molecule has 0 saturated carbocycles. The Morgan fingerprint density at radius 3 is 2.59 bits per heavy atom. The van der Waals surface area contributed by atoms with Crippen LogP contribution in [0, 0.1) is 5.92 Å². The lowest BCUT2D eigenvalue weighted by Crippen LogP contribution is -2.36. The molecule has 0 aromatic carbocycles. The van der Waals surface area contributed by atoms with Gasteiger partial charge >= 0.3 is 0 Å². The summed E-state index contributed by atoms with van der Waals surface area (Å²) in [5.41, 5.74) is 0. The molecule has 1 aromatic rings. The maximum absolute atomic E-state index is 4.26. The van der Waals surface area contributed by atoms with Gasteiger partial charge in [-0.05, 0) is 26.3 Å². The molecule has 1 aromatic heterocycles. The standard InChI is InChI=1S/C12H22N4S/c1-9(2)10(7-16(3)4)15-11-6-12(17-5)14-8-13-11/h6,8-10H,7H2,1-5H3,(H,13,14,15). The number of rotatable bonds is 6. The number of nitrogens with one attached hydrogen (secondary N) is 1. The van der Waals surface area contributed by atoms with Gasteiger partial charge in [-0.2, -0.15) is 0 Å². The summed E-state index contributed by atoms with van der Waals surface area (Å²) < 4.78 is 0. The van der Waals surface area contributed by atoms with E-state index in [1.54, 1.807) is 18.1 Å². The van der Waals surface area contributed by atoms with Gasteiger partial charge in [0.25, 0.3) is 0 Å². The van der Waals surface area contributed by atoms with Gasteiger partial charge in [0, 0.05) is 18.7 Å². The highest BCUT2D eigenvalue weighted by Gasteiger charge is 2.14. The molecule has 4 nitrogen and oxygen atoms in total. The second-order valence-corrected chi connectivity index (χ2v) is 5.53. The first-order valence-electron chi connectivity index (χ1n) is 5.80. The second-order valence-electron chi connectivity index (χ2n) is 4.70. The lowest BCUT2D eigenvalue weighted by molar-refractivity contribution is 0.344. The van der Waals surface area contributed by atoms with Crippen LogP contribution in [0.3, 0.4) is 0 Å². The average molecular weight is 254 g/mol. The smallest absolute Gasteiger partial charge is 0.130 e. The van der Waals surface area contributed by atoms with Crippen molar-refractivity contribution >= 4 is 17.6 Å². The molecular weight excluding hydrogens is 232 g/mol. The van der Waals surface area contributed by atoms with Gasteiger partial charge in [0.15, 0.2) is 0 Å². The molecule has 0 fully saturated rings. The van der Waals surface area contributed by atoms with E-state index in [1.807, 2.05) is 12.3 Å². The van der Waals surface area contributed by atoms with Crippen LogP contribution in [0.5, 0.6) is 0 Å². The molecule has 0 amide bonds. The summed E-state index contributed by atoms with van der Waals surface area (Å²) in [5.74, 6) is 1.47. The second kappa shape index (κ2) is 6.81. The Bertz CT molecular complexity index is 341. The molecule has 96 valence electrons. The fraction of sp³-hybridized carbons (Fsp3) is 0.667. The molecule has 0 aliphatic heterocycles. The summed E-state index contributed by atoms with van der Waals surface area (Å²) in [7, 11) is 4.18. The molecule has 1 heterocycles. The zero-order chi connectivity index (χ0) is 12.8. The van der Waals surface area contributed by atoms with Crippen LogP contribution in [0.25, 0.3) is 0 Å². The van der Waals surface area contributed by atoms with E-state index in [2.05, 4.69) is 48.1 Å². The van der Waals surface area contributed by atoms with Crippen LogP contribution < -0.4 is 5.32 Å². The number of hydrogen-bond acceptors (Lipinski definition) is 5. The van der Waals surface area contributed by atoms with Crippen molar-refractivity contribution in [1.82, 2.24) is 14.9 Å². The molecule has 1 rings (SSSR count). The van der Waals surface area contributed by atoms with E-state index in [9.17, 15) is 0 Å². The largest absolute Gasteiger partial charge is 0.366 e. The lowest BCUT2D eigenvalue weighted by atomic mass is 10.0. The van der Waals surface area contributed by atoms with Crippen LogP contribution >= 0.6 is 11.8 Å². The fourth-order valence-corrected chi connectivity index (χ4v) is 1.92. The van der Waals surface area contributed by atoms with Crippen molar-refractivity contribution in [3.63, 3.8) is 0 Å². The highest BCUT2D eigenvalue weighted by atomic mass is 32.2. The number of nitrogens with zero attached hydrogens (tertiary/aromatic N) is 3. The summed E-state index contributed by atoms with van der Waals surface area (Å²) in [4.78, 5) is 10.6. The zero-order valence-electron chi connectivity index (χ0n) is 11.3. The van der Waals surface area contributed by atoms with Crippen molar-refractivity contribution in [3.05, 3.63) is 12.4 Å². The van der Waals surface area contributed by atoms with E-state index in [1.165, 1.54) is 0 Å². The predicted octanol–water partition coefficient (Wildman–Crippen LogP) is 2.20. The van der Waals surface area contributed by atoms with Gasteiger partial charge in [0.05, 0.1) is 0 Å². The summed E-state index contributed by atoms with van der Waals surface area (Å²) in [5, 5.41) is 4.47. The van der Waals surface area contributed by atoms with Gasteiger partial charge in [0.2, 0.25) is 0 Å². The maximum atomic E-state index is 4.26. The van der Waals surface area contributed by atoms with Crippen LogP contribution in [0.15, 0.2) is 17.4 Å². The Morgan fingerprint density at radius 2 is 2.06 bits per heavy atom. The molecule has 5 heteroatoms. The molecule has 1 unspecified atom stereocenters. The number of hydrogen-bond donors (Lipinski definition) is 1. The third-order valence-electron chi connectivity index (χ3n) is 2.55. The third-order valence-corrected chi connectivity index (χ3v) is 3.19. The summed E-state index contributed by atoms with van der Waals surface area (Å²) >= 11 is 1.63. The van der Waals surface area contributed by atoms with Crippen molar-refractivity contribution in [2.24, 2.45) is 5.92 Å². The highest BCUT2D eigenvalue weighted by Crippen LogP contribution is 2.16. The van der Waals surface area contributed by atoms with Crippen molar-refractivity contribution in [1.29, 1.82) is 0 Å². The van der Waals surface area contributed by atoms with Crippen molar-refractivity contribution in [2.75, 3.05) is 32.2 Å². The van der Waals surface area contributed by atoms with Crippen LogP contribution in [0.1, 0.15) is 13.8 Å². The highest BCUT2D eigenvalue weighted by molar-refractivity contribution is 7.98. The predicted molar refractivity (Wildman–Crippen MR) is 74.6 cm³/mol. The maximum Gasteiger partial charge on any atom is 0.130 e. The summed E-state index contributed by atoms with van der Waals surface area (Å²) in [6.45, 7) is 5.44. The van der Waals surface area contributed by atoms with E-state index in [-0.39, 0.29) is 0 Å². The zero-order valence-corrected chi connectivity index (χ0v) is 12.1. The van der Waals surface area contributed by atoms with E-state index in [0.717, 1.165) is 17.4 Å². The third kappa shape index (κ3) is 4.91. The molecular formula is C12H22N4S. The lowest BCUT2D eigenvalue weighted by Gasteiger charge is -2.26. The quantitative estimate of drug-likeness (QED) is 0.622. The molecule has 0 aliphatic carbocycles. The van der Waals surface area contributed by atoms with Crippen molar-refractivity contribution in [3.8, 4) is 0 Å². The Kier molecular flexibility index (Phi) is 5.71. The minimum Gasteiger partial charge on any atom is -0.366 e. The minimum atomic E-state index is 0.398. The number of aromatic nitrogens is 2. The van der Waals surface area contributed by atoms with E-state index in [4.69, 9.17) is 0 Å². The molecule has 0 saturated heterocycles. The monoisotopic (exact) mass is 254 g/mol. The first kappa shape index (κ1) is 14.3. The Morgan fingerprint density at radius 1 is 1.35 bits per heavy atom. The number of anilines is 1. The first-order chi connectivity index (χ1) is 8.02. The van der Waals surface area contributed by atoms with Gasteiger partial charge in [0.1, 0.15) is 17.2 Å². The molecule has 0 radical (unpaired) electrons. The van der Waals surface area contributed by atoms with Crippen LogP contribution in [-0.4, -0.2) is 47.8 Å². The Hall–Kier alpha value is -0.810. The summed E-state index contributed by atoms with van der Waals surface area (Å²) in [6, 6.07) is 2.39. The fourth-order valence-electron chi connectivity index (χ4n) is 1.54. The number of thioether (sulfide) groups is 1. The molecule has 0 spiro atoms. The van der Waals surface area contributed by atoms with Gasteiger partial charge in [-0.1, -0.05) is 13.8 Å². The SMILES string of the molecule is CSc1cc(NC(CN(C)C)C(C)C)ncn1. The normalized spacial score (nSPS) is 13.1. The Balaban J connectivity index is 2.71. The molecule has 0 bridgehead atoms. The molecule has 1 atom stereocenters. The molecule has 17 heavy (non-hydrogen) atoms. The van der Waals surface area contributed by atoms with Crippen LogP contribution in [-0.2, 0) is 0 Å². The van der Waals surface area contributed by atoms with E-state index < -0.39 is 0 Å². The van der Waals surface area contributed by atoms with E-state index >= 15 is 0 Å². The van der Waals surface area contributed by atoms with E-state index in [0.29, 0.717) is 12.0 Å². The topological polar surface area (TPSA) is 41.0 Å². The Labute approximate surface area is 108 Å². The van der Waals surface area contributed by atoms with Gasteiger partial charge < -0.3 is 10.2 Å². The minimum absolute atomic E-state index is 0.398. The van der Waals surface area contributed by atoms with Gasteiger partial charge in [-0.25, -0.2) is 9.97 Å². The number of likely N-dealkylation sites (N-methyl/N-ethyl adjacent to an activating group) is 1. The summed E-state index contributed by atoms with van der Waals surface area (Å²) in [6.07, 6.45) is 3.63. The first-order valence-corrected chi connectivity index (χ1v) is 7.02. The van der Waals surface area contributed by atoms with Gasteiger partial charge in [-0.15, -0.1) is 11.8 Å². The van der Waals surface area contributed by atoms with Crippen molar-refractivity contribution < 1.29 is 0 Å². The van der Waals surface area contributed by atoms with Gasteiger partial charge in [-0.3, -0.25) is 0 Å². The molecule has 0 aliphatic rings. The molecule has 1 N–H and O–H groups in total. The van der Waals surface area contributed by atoms with Crippen molar-refractivity contribution in [2.45, 2.75) is 24.9 Å².